The summed E-state index contributed by atoms with van der Waals surface area (Å²) in [7, 11) is -3.81. The van der Waals surface area contributed by atoms with Crippen LogP contribution in [0, 0.1) is 18.3 Å². The van der Waals surface area contributed by atoms with Crippen molar-refractivity contribution in [3.8, 4) is 6.07 Å². The van der Waals surface area contributed by atoms with Gasteiger partial charge in [0.05, 0.1) is 28.0 Å². The van der Waals surface area contributed by atoms with Crippen LogP contribution in [0.1, 0.15) is 21.5 Å². The molecule has 2 N–H and O–H groups in total. The van der Waals surface area contributed by atoms with E-state index >= 15 is 0 Å². The van der Waals surface area contributed by atoms with Crippen LogP contribution in [0.15, 0.2) is 71.6 Å². The summed E-state index contributed by atoms with van der Waals surface area (Å²) < 4.78 is 27.6. The van der Waals surface area contributed by atoms with Gasteiger partial charge in [0, 0.05) is 11.4 Å². The van der Waals surface area contributed by atoms with Crippen LogP contribution in [0.25, 0.3) is 0 Å². The van der Waals surface area contributed by atoms with E-state index in [1.165, 1.54) is 30.3 Å². The molecule has 0 saturated heterocycles. The summed E-state index contributed by atoms with van der Waals surface area (Å²) in [6, 6.07) is 19.7. The number of carbonyl (C=O) groups is 1. The number of sulfonamides is 1. The van der Waals surface area contributed by atoms with Gasteiger partial charge in [-0.15, -0.1) is 0 Å². The Kier molecular flexibility index (Phi) is 6.40. The normalized spacial score (nSPS) is 10.8. The molecule has 0 radical (unpaired) electrons. The highest BCUT2D eigenvalue weighted by atomic mass is 35.5. The Hall–Kier alpha value is -3.34. The maximum Gasteiger partial charge on any atom is 0.261 e. The molecule has 3 aromatic carbocycles. The Morgan fingerprint density at radius 3 is 2.27 bits per heavy atom. The Labute approximate surface area is 180 Å². The number of anilines is 2. The van der Waals surface area contributed by atoms with Crippen LogP contribution in [-0.2, 0) is 16.4 Å². The molecular formula is C22H18ClN3O3S. The highest BCUT2D eigenvalue weighted by Crippen LogP contribution is 2.24. The van der Waals surface area contributed by atoms with Crippen molar-refractivity contribution in [3.63, 3.8) is 0 Å². The molecule has 0 atom stereocenters. The van der Waals surface area contributed by atoms with E-state index in [2.05, 4.69) is 16.1 Å². The van der Waals surface area contributed by atoms with E-state index in [4.69, 9.17) is 16.9 Å². The van der Waals surface area contributed by atoms with Crippen molar-refractivity contribution < 1.29 is 13.2 Å². The number of rotatable bonds is 6. The third-order valence-electron chi connectivity index (χ3n) is 4.29. The van der Waals surface area contributed by atoms with E-state index in [1.54, 1.807) is 36.4 Å². The lowest BCUT2D eigenvalue weighted by atomic mass is 10.1. The van der Waals surface area contributed by atoms with Gasteiger partial charge in [0.1, 0.15) is 0 Å². The molecule has 30 heavy (non-hydrogen) atoms. The van der Waals surface area contributed by atoms with E-state index in [1.807, 2.05) is 6.92 Å². The molecule has 3 rings (SSSR count). The third kappa shape index (κ3) is 5.17. The van der Waals surface area contributed by atoms with Gasteiger partial charge in [-0.1, -0.05) is 41.4 Å². The summed E-state index contributed by atoms with van der Waals surface area (Å²) in [4.78, 5) is 12.8. The quantitative estimate of drug-likeness (QED) is 0.577. The maximum absolute atomic E-state index is 12.6. The number of nitrogens with zero attached hydrogens (tertiary/aromatic N) is 1. The maximum atomic E-state index is 12.6. The summed E-state index contributed by atoms with van der Waals surface area (Å²) in [5.41, 5.74) is 2.65. The summed E-state index contributed by atoms with van der Waals surface area (Å²) in [5.74, 6) is -0.482. The lowest BCUT2D eigenvalue weighted by molar-refractivity contribution is 0.102. The zero-order chi connectivity index (χ0) is 21.7. The molecule has 0 aromatic heterocycles. The fraction of sp³-hybridized carbons (Fsp3) is 0.0909. The minimum absolute atomic E-state index is 0.117. The van der Waals surface area contributed by atoms with Crippen molar-refractivity contribution in [1.29, 1.82) is 5.26 Å². The van der Waals surface area contributed by atoms with Gasteiger partial charge in [-0.25, -0.2) is 8.42 Å². The fourth-order valence-corrected chi connectivity index (χ4v) is 3.94. The second-order valence-corrected chi connectivity index (χ2v) is 8.69. The summed E-state index contributed by atoms with van der Waals surface area (Å²) in [6.45, 7) is 1.87. The lowest BCUT2D eigenvalue weighted by Crippen LogP contribution is -2.15. The van der Waals surface area contributed by atoms with Crippen molar-refractivity contribution in [2.24, 2.45) is 0 Å². The molecule has 0 aliphatic heterocycles. The van der Waals surface area contributed by atoms with Gasteiger partial charge in [-0.2, -0.15) is 5.26 Å². The van der Waals surface area contributed by atoms with Crippen LogP contribution >= 0.6 is 11.6 Å². The topological polar surface area (TPSA) is 99.1 Å². The van der Waals surface area contributed by atoms with Crippen LogP contribution < -0.4 is 10.0 Å². The average molecular weight is 440 g/mol. The smallest absolute Gasteiger partial charge is 0.261 e. The highest BCUT2D eigenvalue weighted by Gasteiger charge is 2.17. The second-order valence-electron chi connectivity index (χ2n) is 6.60. The van der Waals surface area contributed by atoms with Crippen molar-refractivity contribution in [2.75, 3.05) is 10.0 Å². The zero-order valence-electron chi connectivity index (χ0n) is 16.0. The lowest BCUT2D eigenvalue weighted by Gasteiger charge is -2.12. The third-order valence-corrected chi connectivity index (χ3v) is 6.02. The van der Waals surface area contributed by atoms with E-state index in [0.717, 1.165) is 11.1 Å². The number of nitriles is 1. The molecule has 0 aliphatic rings. The summed E-state index contributed by atoms with van der Waals surface area (Å²) >= 11 is 6.16. The molecule has 152 valence electrons. The van der Waals surface area contributed by atoms with Gasteiger partial charge in [0.15, 0.2) is 0 Å². The van der Waals surface area contributed by atoms with Crippen molar-refractivity contribution in [3.05, 3.63) is 88.4 Å². The van der Waals surface area contributed by atoms with Gasteiger partial charge in [0.2, 0.25) is 0 Å². The number of amides is 1. The van der Waals surface area contributed by atoms with Gasteiger partial charge in [-0.05, 0) is 55.0 Å². The van der Waals surface area contributed by atoms with Gasteiger partial charge in [-0.3, -0.25) is 9.52 Å². The molecule has 0 spiro atoms. The van der Waals surface area contributed by atoms with Gasteiger partial charge >= 0.3 is 0 Å². The van der Waals surface area contributed by atoms with Gasteiger partial charge in [0.25, 0.3) is 15.9 Å². The molecule has 1 amide bonds. The Morgan fingerprint density at radius 2 is 1.63 bits per heavy atom. The Bertz CT molecular complexity index is 1220. The van der Waals surface area contributed by atoms with Crippen molar-refractivity contribution in [2.45, 2.75) is 18.2 Å². The van der Waals surface area contributed by atoms with E-state index in [9.17, 15) is 13.2 Å². The van der Waals surface area contributed by atoms with Crippen LogP contribution in [0.2, 0.25) is 5.02 Å². The molecule has 8 heteroatoms. The molecular weight excluding hydrogens is 422 g/mol. The number of hydrogen-bond donors (Lipinski definition) is 2. The molecule has 0 fully saturated rings. The SMILES string of the molecule is Cc1ccc(S(=O)(=O)Nc2ccc(Cl)c(C(=O)Nc3ccc(CC#N)cc3)c2)cc1. The van der Waals surface area contributed by atoms with E-state index < -0.39 is 15.9 Å². The Balaban J connectivity index is 1.79. The fourth-order valence-electron chi connectivity index (χ4n) is 2.69. The molecule has 6 nitrogen and oxygen atoms in total. The van der Waals surface area contributed by atoms with E-state index in [0.29, 0.717) is 5.69 Å². The first-order valence-electron chi connectivity index (χ1n) is 8.95. The average Bonchev–Trinajstić information content (AvgIpc) is 2.71. The zero-order valence-corrected chi connectivity index (χ0v) is 17.6. The molecule has 0 heterocycles. The molecule has 0 bridgehead atoms. The first-order chi connectivity index (χ1) is 14.3. The van der Waals surface area contributed by atoms with Crippen LogP contribution in [0.5, 0.6) is 0 Å². The largest absolute Gasteiger partial charge is 0.322 e. The predicted molar refractivity (Wildman–Crippen MR) is 117 cm³/mol. The second kappa shape index (κ2) is 8.99. The Morgan fingerprint density at radius 1 is 1.00 bits per heavy atom. The number of hydrogen-bond acceptors (Lipinski definition) is 4. The standard InChI is InChI=1S/C22H18ClN3O3S/c1-15-2-9-19(10-3-15)30(28,29)26-18-8-11-21(23)20(14-18)22(27)25-17-6-4-16(5-7-17)12-13-24/h2-11,14,26H,12H2,1H3,(H,25,27). The molecule has 0 saturated carbocycles. The number of carbonyl (C=O) groups excluding carboxylic acids is 1. The van der Waals surface area contributed by atoms with Crippen molar-refractivity contribution in [1.82, 2.24) is 0 Å². The minimum Gasteiger partial charge on any atom is -0.322 e. The number of nitrogens with one attached hydrogen (secondary N) is 2. The summed E-state index contributed by atoms with van der Waals surface area (Å²) in [6.07, 6.45) is 0.281. The summed E-state index contributed by atoms with van der Waals surface area (Å²) in [5, 5.41) is 11.6. The van der Waals surface area contributed by atoms with E-state index in [-0.39, 0.29) is 27.6 Å². The van der Waals surface area contributed by atoms with Crippen LogP contribution in [-0.4, -0.2) is 14.3 Å². The number of aryl methyl sites for hydroxylation is 1. The molecule has 0 aliphatic carbocycles. The molecule has 3 aromatic rings. The number of benzene rings is 3. The van der Waals surface area contributed by atoms with Crippen molar-refractivity contribution >= 4 is 38.9 Å². The molecule has 0 unspecified atom stereocenters. The van der Waals surface area contributed by atoms with Crippen LogP contribution in [0.3, 0.4) is 0 Å². The first kappa shape index (κ1) is 21.4. The number of halogens is 1. The minimum atomic E-state index is -3.81. The van der Waals surface area contributed by atoms with Crippen LogP contribution in [0.4, 0.5) is 11.4 Å². The first-order valence-corrected chi connectivity index (χ1v) is 10.8. The highest BCUT2D eigenvalue weighted by molar-refractivity contribution is 7.92. The monoisotopic (exact) mass is 439 g/mol. The predicted octanol–water partition coefficient (Wildman–Crippen LogP) is 4.77. The van der Waals surface area contributed by atoms with Gasteiger partial charge < -0.3 is 5.32 Å².